The highest BCUT2D eigenvalue weighted by atomic mass is 16.5. The van der Waals surface area contributed by atoms with E-state index in [2.05, 4.69) is 13.8 Å². The van der Waals surface area contributed by atoms with Gasteiger partial charge in [-0.3, -0.25) is 0 Å². The summed E-state index contributed by atoms with van der Waals surface area (Å²) in [5.41, 5.74) is 0.486. The molecule has 3 heteroatoms. The lowest BCUT2D eigenvalue weighted by molar-refractivity contribution is 0.0258. The van der Waals surface area contributed by atoms with Gasteiger partial charge in [-0.25, -0.2) is 4.79 Å². The Balaban J connectivity index is 2.60. The van der Waals surface area contributed by atoms with Crippen molar-refractivity contribution in [1.29, 1.82) is 0 Å². The summed E-state index contributed by atoms with van der Waals surface area (Å²) < 4.78 is 5.44. The van der Waals surface area contributed by atoms with E-state index in [4.69, 9.17) is 9.84 Å². The Morgan fingerprint density at radius 3 is 2.18 bits per heavy atom. The van der Waals surface area contributed by atoms with Gasteiger partial charge in [-0.2, -0.15) is 0 Å². The van der Waals surface area contributed by atoms with Crippen molar-refractivity contribution in [1.82, 2.24) is 0 Å². The van der Waals surface area contributed by atoms with Crippen molar-refractivity contribution in [2.75, 3.05) is 0 Å². The number of carbonyl (C=O) groups is 1. The number of esters is 1. The number of phenols is 1. The lowest BCUT2D eigenvalue weighted by Crippen LogP contribution is -2.18. The van der Waals surface area contributed by atoms with Crippen molar-refractivity contribution in [3.8, 4) is 5.75 Å². The van der Waals surface area contributed by atoms with Crippen molar-refractivity contribution in [2.24, 2.45) is 0 Å². The van der Waals surface area contributed by atoms with Gasteiger partial charge in [0, 0.05) is 0 Å². The second kappa shape index (κ2) is 6.94. The molecule has 0 unspecified atom stereocenters. The standard InChI is InChI=1S/C14H20O3/c1-3-5-13(6-4-2)17-14(16)11-7-9-12(15)10-8-11/h7-10,13,15H,3-6H2,1-2H3. The maximum atomic E-state index is 11.8. The van der Waals surface area contributed by atoms with Crippen molar-refractivity contribution in [3.63, 3.8) is 0 Å². The Hall–Kier alpha value is -1.51. The molecule has 0 aliphatic heterocycles. The smallest absolute Gasteiger partial charge is 0.338 e. The summed E-state index contributed by atoms with van der Waals surface area (Å²) in [6, 6.07) is 6.13. The van der Waals surface area contributed by atoms with E-state index in [1.54, 1.807) is 12.1 Å². The molecule has 0 bridgehead atoms. The molecule has 17 heavy (non-hydrogen) atoms. The summed E-state index contributed by atoms with van der Waals surface area (Å²) in [5, 5.41) is 9.14. The molecule has 0 saturated heterocycles. The van der Waals surface area contributed by atoms with E-state index in [0.717, 1.165) is 25.7 Å². The van der Waals surface area contributed by atoms with Crippen LogP contribution in [0.3, 0.4) is 0 Å². The van der Waals surface area contributed by atoms with Crippen LogP contribution in [0.1, 0.15) is 49.9 Å². The molecule has 1 aromatic rings. The summed E-state index contributed by atoms with van der Waals surface area (Å²) >= 11 is 0. The van der Waals surface area contributed by atoms with Gasteiger partial charge >= 0.3 is 5.97 Å². The summed E-state index contributed by atoms with van der Waals surface area (Å²) in [7, 11) is 0. The fraction of sp³-hybridized carbons (Fsp3) is 0.500. The first-order valence-electron chi connectivity index (χ1n) is 6.17. The largest absolute Gasteiger partial charge is 0.508 e. The Morgan fingerprint density at radius 1 is 1.18 bits per heavy atom. The molecule has 3 nitrogen and oxygen atoms in total. The van der Waals surface area contributed by atoms with Crippen LogP contribution in [-0.4, -0.2) is 17.2 Å². The number of carbonyl (C=O) groups excluding carboxylic acids is 1. The molecule has 0 radical (unpaired) electrons. The first kappa shape index (κ1) is 13.6. The van der Waals surface area contributed by atoms with Crippen LogP contribution >= 0.6 is 0 Å². The molecule has 0 fully saturated rings. The van der Waals surface area contributed by atoms with Crippen molar-refractivity contribution in [3.05, 3.63) is 29.8 Å². The van der Waals surface area contributed by atoms with Crippen molar-refractivity contribution >= 4 is 5.97 Å². The zero-order valence-electron chi connectivity index (χ0n) is 10.5. The van der Waals surface area contributed by atoms with Gasteiger partial charge in [-0.05, 0) is 37.1 Å². The zero-order valence-corrected chi connectivity index (χ0v) is 10.5. The minimum absolute atomic E-state index is 0.00584. The van der Waals surface area contributed by atoms with E-state index in [-0.39, 0.29) is 17.8 Å². The van der Waals surface area contributed by atoms with E-state index in [1.807, 2.05) is 0 Å². The number of rotatable bonds is 6. The third kappa shape index (κ3) is 4.47. The fourth-order valence-corrected chi connectivity index (χ4v) is 1.72. The summed E-state index contributed by atoms with van der Waals surface area (Å²) in [5.74, 6) is -0.155. The van der Waals surface area contributed by atoms with Gasteiger partial charge in [0.15, 0.2) is 0 Å². The van der Waals surface area contributed by atoms with Crippen molar-refractivity contribution < 1.29 is 14.6 Å². The summed E-state index contributed by atoms with van der Waals surface area (Å²) in [4.78, 5) is 11.8. The molecular formula is C14H20O3. The van der Waals surface area contributed by atoms with Crippen LogP contribution in [-0.2, 0) is 4.74 Å². The van der Waals surface area contributed by atoms with Crippen LogP contribution in [0.4, 0.5) is 0 Å². The van der Waals surface area contributed by atoms with Crippen LogP contribution < -0.4 is 0 Å². The van der Waals surface area contributed by atoms with Gasteiger partial charge in [0.1, 0.15) is 11.9 Å². The highest BCUT2D eigenvalue weighted by Gasteiger charge is 2.14. The quantitative estimate of drug-likeness (QED) is 0.769. The molecule has 0 aliphatic carbocycles. The van der Waals surface area contributed by atoms with Crippen LogP contribution in [0.2, 0.25) is 0 Å². The van der Waals surface area contributed by atoms with Crippen LogP contribution in [0.15, 0.2) is 24.3 Å². The Labute approximate surface area is 102 Å². The average Bonchev–Trinajstić information content (AvgIpc) is 2.30. The number of hydrogen-bond acceptors (Lipinski definition) is 3. The van der Waals surface area contributed by atoms with E-state index in [0.29, 0.717) is 5.56 Å². The van der Waals surface area contributed by atoms with E-state index >= 15 is 0 Å². The van der Waals surface area contributed by atoms with Crippen LogP contribution in [0.25, 0.3) is 0 Å². The lowest BCUT2D eigenvalue weighted by Gasteiger charge is -2.16. The molecule has 1 aromatic carbocycles. The molecule has 0 aromatic heterocycles. The third-order valence-corrected chi connectivity index (χ3v) is 2.60. The molecule has 0 spiro atoms. The monoisotopic (exact) mass is 236 g/mol. The predicted molar refractivity (Wildman–Crippen MR) is 67.1 cm³/mol. The van der Waals surface area contributed by atoms with Gasteiger partial charge in [-0.1, -0.05) is 26.7 Å². The average molecular weight is 236 g/mol. The number of ether oxygens (including phenoxy) is 1. The first-order valence-corrected chi connectivity index (χ1v) is 6.17. The van der Waals surface area contributed by atoms with Gasteiger partial charge in [-0.15, -0.1) is 0 Å². The molecule has 0 saturated carbocycles. The van der Waals surface area contributed by atoms with Gasteiger partial charge in [0.05, 0.1) is 5.56 Å². The first-order chi connectivity index (χ1) is 8.17. The molecular weight excluding hydrogens is 216 g/mol. The fourth-order valence-electron chi connectivity index (χ4n) is 1.72. The number of phenolic OH excluding ortho intramolecular Hbond substituents is 1. The molecule has 0 amide bonds. The molecule has 94 valence electrons. The zero-order chi connectivity index (χ0) is 12.7. The maximum absolute atomic E-state index is 11.8. The van der Waals surface area contributed by atoms with Gasteiger partial charge < -0.3 is 9.84 Å². The number of benzene rings is 1. The van der Waals surface area contributed by atoms with Crippen LogP contribution in [0, 0.1) is 0 Å². The van der Waals surface area contributed by atoms with E-state index < -0.39 is 0 Å². The molecule has 1 rings (SSSR count). The summed E-state index contributed by atoms with van der Waals surface area (Å²) in [6.45, 7) is 4.16. The Kier molecular flexibility index (Phi) is 5.53. The predicted octanol–water partition coefficient (Wildman–Crippen LogP) is 3.52. The number of hydrogen-bond donors (Lipinski definition) is 1. The SMILES string of the molecule is CCCC(CCC)OC(=O)c1ccc(O)cc1. The van der Waals surface area contributed by atoms with E-state index in [9.17, 15) is 4.79 Å². The van der Waals surface area contributed by atoms with Crippen LogP contribution in [0.5, 0.6) is 5.75 Å². The van der Waals surface area contributed by atoms with Gasteiger partial charge in [0.2, 0.25) is 0 Å². The lowest BCUT2D eigenvalue weighted by atomic mass is 10.1. The highest BCUT2D eigenvalue weighted by molar-refractivity contribution is 5.89. The second-order valence-corrected chi connectivity index (χ2v) is 4.15. The molecule has 1 N–H and O–H groups in total. The third-order valence-electron chi connectivity index (χ3n) is 2.60. The number of aromatic hydroxyl groups is 1. The Morgan fingerprint density at radius 2 is 1.71 bits per heavy atom. The van der Waals surface area contributed by atoms with E-state index in [1.165, 1.54) is 12.1 Å². The molecule has 0 heterocycles. The second-order valence-electron chi connectivity index (χ2n) is 4.15. The summed E-state index contributed by atoms with van der Waals surface area (Å²) in [6.07, 6.45) is 3.82. The maximum Gasteiger partial charge on any atom is 0.338 e. The minimum Gasteiger partial charge on any atom is -0.508 e. The highest BCUT2D eigenvalue weighted by Crippen LogP contribution is 2.15. The topological polar surface area (TPSA) is 46.5 Å². The van der Waals surface area contributed by atoms with Crippen molar-refractivity contribution in [2.45, 2.75) is 45.6 Å². The molecule has 0 aliphatic rings. The Bertz CT molecular complexity index is 337. The van der Waals surface area contributed by atoms with Gasteiger partial charge in [0.25, 0.3) is 0 Å². The normalized spacial score (nSPS) is 10.5. The minimum atomic E-state index is -0.308. The molecule has 0 atom stereocenters.